The fourth-order valence-corrected chi connectivity index (χ4v) is 2.87. The van der Waals surface area contributed by atoms with Gasteiger partial charge in [-0.05, 0) is 49.4 Å². The molecule has 0 aliphatic carbocycles. The highest BCUT2D eigenvalue weighted by Gasteiger charge is 2.31. The van der Waals surface area contributed by atoms with Gasteiger partial charge in [0, 0.05) is 29.7 Å². The van der Waals surface area contributed by atoms with E-state index < -0.39 is 18.0 Å². The Morgan fingerprint density at radius 3 is 2.52 bits per heavy atom. The molecule has 2 heterocycles. The Labute approximate surface area is 185 Å². The van der Waals surface area contributed by atoms with Crippen LogP contribution >= 0.6 is 0 Å². The van der Waals surface area contributed by atoms with Gasteiger partial charge in [0.05, 0.1) is 0 Å². The van der Waals surface area contributed by atoms with Crippen molar-refractivity contribution < 1.29 is 27.4 Å². The van der Waals surface area contributed by atoms with Crippen LogP contribution in [0, 0.1) is 6.92 Å². The molecule has 1 amide bonds. The summed E-state index contributed by atoms with van der Waals surface area (Å²) < 4.78 is 48.5. The summed E-state index contributed by atoms with van der Waals surface area (Å²) in [6.45, 7) is 1.74. The molecule has 0 fully saturated rings. The second-order valence-electron chi connectivity index (χ2n) is 6.74. The Kier molecular flexibility index (Phi) is 5.94. The van der Waals surface area contributed by atoms with E-state index in [1.165, 1.54) is 12.1 Å². The van der Waals surface area contributed by atoms with Crippen LogP contribution in [0.2, 0.25) is 0 Å². The molecule has 0 saturated carbocycles. The lowest BCUT2D eigenvalue weighted by atomic mass is 10.2. The molecule has 0 atom stereocenters. The number of anilines is 1. The highest BCUT2D eigenvalue weighted by Crippen LogP contribution is 2.25. The highest BCUT2D eigenvalue weighted by molar-refractivity contribution is 6.04. The number of carbonyl (C=O) groups is 1. The van der Waals surface area contributed by atoms with Gasteiger partial charge in [0.1, 0.15) is 29.5 Å². The van der Waals surface area contributed by atoms with Gasteiger partial charge in [-0.15, -0.1) is 13.2 Å². The molecule has 2 aromatic carbocycles. The Morgan fingerprint density at radius 2 is 1.82 bits per heavy atom. The van der Waals surface area contributed by atoms with Gasteiger partial charge in [-0.3, -0.25) is 9.36 Å². The second kappa shape index (κ2) is 8.99. The van der Waals surface area contributed by atoms with Crippen LogP contribution in [0.15, 0.2) is 73.3 Å². The van der Waals surface area contributed by atoms with Crippen molar-refractivity contribution in [3.05, 3.63) is 84.7 Å². The molecule has 4 rings (SSSR count). The number of nitrogens with one attached hydrogen (secondary N) is 1. The third kappa shape index (κ3) is 5.85. The van der Waals surface area contributed by atoms with Crippen molar-refractivity contribution in [2.24, 2.45) is 0 Å². The molecular weight excluding hydrogens is 439 g/mol. The summed E-state index contributed by atoms with van der Waals surface area (Å²) in [7, 11) is 0. The van der Waals surface area contributed by atoms with Crippen molar-refractivity contribution >= 4 is 11.6 Å². The molecule has 8 nitrogen and oxygen atoms in total. The average molecular weight is 455 g/mol. The molecule has 0 unspecified atom stereocenters. The first-order valence-electron chi connectivity index (χ1n) is 9.54. The third-order valence-electron chi connectivity index (χ3n) is 4.23. The molecule has 0 aliphatic heterocycles. The van der Waals surface area contributed by atoms with Gasteiger partial charge in [0.25, 0.3) is 5.91 Å². The number of benzene rings is 2. The number of aromatic nitrogens is 4. The number of aryl methyl sites for hydroxylation is 1. The fourth-order valence-electron chi connectivity index (χ4n) is 2.87. The second-order valence-corrected chi connectivity index (χ2v) is 6.74. The molecule has 168 valence electrons. The minimum Gasteiger partial charge on any atom is -0.439 e. The molecule has 2 aromatic heterocycles. The monoisotopic (exact) mass is 455 g/mol. The van der Waals surface area contributed by atoms with Gasteiger partial charge >= 0.3 is 6.36 Å². The topological polar surface area (TPSA) is 91.2 Å². The van der Waals surface area contributed by atoms with Crippen LogP contribution < -0.4 is 14.8 Å². The number of amides is 1. The number of rotatable bonds is 6. The molecule has 0 saturated heterocycles. The number of hydrogen-bond acceptors (Lipinski definition) is 6. The van der Waals surface area contributed by atoms with Crippen molar-refractivity contribution in [1.29, 1.82) is 0 Å². The summed E-state index contributed by atoms with van der Waals surface area (Å²) in [6.07, 6.45) is 0.138. The Hall–Kier alpha value is -4.41. The van der Waals surface area contributed by atoms with Gasteiger partial charge in [-0.2, -0.15) is 4.98 Å². The molecule has 33 heavy (non-hydrogen) atoms. The SMILES string of the molecule is Cc1nc(Oc2ccc(NC(=O)c3cccc(OC(F)(F)F)c3)cc2)cc(-n2ccnc2)n1. The molecule has 4 aromatic rings. The van der Waals surface area contributed by atoms with E-state index in [2.05, 4.69) is 25.0 Å². The average Bonchev–Trinajstić information content (AvgIpc) is 3.29. The Balaban J connectivity index is 1.43. The van der Waals surface area contributed by atoms with E-state index in [1.807, 2.05) is 0 Å². The first-order chi connectivity index (χ1) is 15.7. The maximum atomic E-state index is 12.4. The zero-order chi connectivity index (χ0) is 23.4. The van der Waals surface area contributed by atoms with Crippen LogP contribution in [0.25, 0.3) is 5.82 Å². The summed E-state index contributed by atoms with van der Waals surface area (Å²) in [5, 5.41) is 2.61. The van der Waals surface area contributed by atoms with Gasteiger partial charge in [0.15, 0.2) is 0 Å². The number of nitrogens with zero attached hydrogens (tertiary/aromatic N) is 4. The third-order valence-corrected chi connectivity index (χ3v) is 4.23. The molecule has 11 heteroatoms. The van der Waals surface area contributed by atoms with Crippen LogP contribution in [0.4, 0.5) is 18.9 Å². The zero-order valence-electron chi connectivity index (χ0n) is 17.1. The van der Waals surface area contributed by atoms with Crippen molar-refractivity contribution in [3.8, 4) is 23.2 Å². The van der Waals surface area contributed by atoms with Crippen LogP contribution in [0.1, 0.15) is 16.2 Å². The number of imidazole rings is 1. The smallest absolute Gasteiger partial charge is 0.439 e. The fraction of sp³-hybridized carbons (Fsp3) is 0.0909. The zero-order valence-corrected chi connectivity index (χ0v) is 17.1. The summed E-state index contributed by atoms with van der Waals surface area (Å²) in [5.41, 5.74) is 0.438. The van der Waals surface area contributed by atoms with E-state index in [-0.39, 0.29) is 5.56 Å². The van der Waals surface area contributed by atoms with Crippen molar-refractivity contribution in [2.75, 3.05) is 5.32 Å². The minimum absolute atomic E-state index is 0.0144. The molecule has 0 aliphatic rings. The maximum absolute atomic E-state index is 12.4. The predicted molar refractivity (Wildman–Crippen MR) is 111 cm³/mol. The summed E-state index contributed by atoms with van der Waals surface area (Å²) in [4.78, 5) is 25.0. The molecular formula is C22H16F3N5O3. The van der Waals surface area contributed by atoms with Crippen molar-refractivity contribution in [2.45, 2.75) is 13.3 Å². The molecule has 0 spiro atoms. The first-order valence-corrected chi connectivity index (χ1v) is 9.54. The number of hydrogen-bond donors (Lipinski definition) is 1. The highest BCUT2D eigenvalue weighted by atomic mass is 19.4. The first kappa shape index (κ1) is 21.8. The minimum atomic E-state index is -4.84. The van der Waals surface area contributed by atoms with E-state index in [9.17, 15) is 18.0 Å². The summed E-state index contributed by atoms with van der Waals surface area (Å²) >= 11 is 0. The van der Waals surface area contributed by atoms with Gasteiger partial charge in [0.2, 0.25) is 5.88 Å². The van der Waals surface area contributed by atoms with E-state index in [0.29, 0.717) is 29.0 Å². The lowest BCUT2D eigenvalue weighted by Gasteiger charge is -2.11. The summed E-state index contributed by atoms with van der Waals surface area (Å²) in [5.74, 6) is 0.821. The van der Waals surface area contributed by atoms with E-state index >= 15 is 0 Å². The van der Waals surface area contributed by atoms with Crippen LogP contribution in [0.3, 0.4) is 0 Å². The van der Waals surface area contributed by atoms with E-state index in [4.69, 9.17) is 4.74 Å². The van der Waals surface area contributed by atoms with Crippen LogP contribution in [0.5, 0.6) is 17.4 Å². The number of ether oxygens (including phenoxy) is 2. The Morgan fingerprint density at radius 1 is 1.03 bits per heavy atom. The van der Waals surface area contributed by atoms with Crippen molar-refractivity contribution in [3.63, 3.8) is 0 Å². The van der Waals surface area contributed by atoms with Crippen LogP contribution in [-0.2, 0) is 0 Å². The Bertz CT molecular complexity index is 1260. The summed E-state index contributed by atoms with van der Waals surface area (Å²) in [6, 6.07) is 12.9. The normalized spacial score (nSPS) is 11.2. The van der Waals surface area contributed by atoms with Gasteiger partial charge in [-0.1, -0.05) is 6.07 Å². The van der Waals surface area contributed by atoms with Crippen molar-refractivity contribution in [1.82, 2.24) is 19.5 Å². The van der Waals surface area contributed by atoms with Gasteiger partial charge in [-0.25, -0.2) is 9.97 Å². The molecule has 0 radical (unpaired) electrons. The number of halogens is 3. The van der Waals surface area contributed by atoms with Crippen LogP contribution in [-0.4, -0.2) is 31.8 Å². The lowest BCUT2D eigenvalue weighted by Crippen LogP contribution is -2.18. The van der Waals surface area contributed by atoms with Gasteiger partial charge < -0.3 is 14.8 Å². The predicted octanol–water partition coefficient (Wildman–Crippen LogP) is 4.91. The quantitative estimate of drug-likeness (QED) is 0.444. The van der Waals surface area contributed by atoms with E-state index in [1.54, 1.807) is 60.5 Å². The molecule has 1 N–H and O–H groups in total. The maximum Gasteiger partial charge on any atom is 0.573 e. The number of carbonyl (C=O) groups excluding carboxylic acids is 1. The molecule has 0 bridgehead atoms. The standard InChI is InChI=1S/C22H16F3N5O3/c1-14-27-19(30-10-9-26-13-30)12-20(28-14)32-17-7-5-16(6-8-17)29-21(31)15-3-2-4-18(11-15)33-22(23,24)25/h2-13H,1H3,(H,29,31). The largest absolute Gasteiger partial charge is 0.573 e. The lowest BCUT2D eigenvalue weighted by molar-refractivity contribution is -0.274. The number of alkyl halides is 3. The van der Waals surface area contributed by atoms with E-state index in [0.717, 1.165) is 12.1 Å².